The fourth-order valence-corrected chi connectivity index (χ4v) is 2.71. The number of hydrogen-bond acceptors (Lipinski definition) is 2. The molecule has 0 aliphatic carbocycles. The van der Waals surface area contributed by atoms with E-state index in [1.807, 2.05) is 42.5 Å². The van der Waals surface area contributed by atoms with E-state index in [9.17, 15) is 14.7 Å². The van der Waals surface area contributed by atoms with Crippen molar-refractivity contribution in [2.75, 3.05) is 6.54 Å². The summed E-state index contributed by atoms with van der Waals surface area (Å²) in [6.07, 6.45) is 6.21. The zero-order valence-electron chi connectivity index (χ0n) is 12.3. The van der Waals surface area contributed by atoms with Crippen molar-refractivity contribution < 1.29 is 14.7 Å². The molecular formula is C17H21NO3. The highest BCUT2D eigenvalue weighted by molar-refractivity contribution is 5.87. The number of allylic oxidation sites excluding steroid dienone is 1. The van der Waals surface area contributed by atoms with E-state index >= 15 is 0 Å². The molecule has 1 aromatic rings. The van der Waals surface area contributed by atoms with Crippen molar-refractivity contribution in [3.8, 4) is 0 Å². The fourth-order valence-electron chi connectivity index (χ4n) is 2.71. The molecule has 1 atom stereocenters. The summed E-state index contributed by atoms with van der Waals surface area (Å²) in [5.41, 5.74) is 0.0711. The summed E-state index contributed by atoms with van der Waals surface area (Å²) in [5.74, 6) is -0.983. The first kappa shape index (κ1) is 15.3. The van der Waals surface area contributed by atoms with E-state index in [1.54, 1.807) is 6.92 Å². The number of likely N-dealkylation sites (tertiary alicyclic amines) is 1. The highest BCUT2D eigenvalue weighted by Crippen LogP contribution is 2.30. The summed E-state index contributed by atoms with van der Waals surface area (Å²) < 4.78 is 0. The number of rotatable bonds is 5. The lowest BCUT2D eigenvalue weighted by molar-refractivity contribution is -0.155. The van der Waals surface area contributed by atoms with Gasteiger partial charge in [-0.3, -0.25) is 4.79 Å². The van der Waals surface area contributed by atoms with Crippen LogP contribution in [0.1, 0.15) is 38.2 Å². The van der Waals surface area contributed by atoms with Crippen LogP contribution in [-0.4, -0.2) is 34.0 Å². The molecule has 0 aromatic heterocycles. The molecule has 4 heteroatoms. The minimum atomic E-state index is -1.03. The number of aliphatic carboxylic acids is 1. The van der Waals surface area contributed by atoms with Gasteiger partial charge in [0.25, 0.3) is 0 Å². The van der Waals surface area contributed by atoms with Crippen LogP contribution >= 0.6 is 0 Å². The van der Waals surface area contributed by atoms with Crippen molar-refractivity contribution in [2.24, 2.45) is 0 Å². The maximum Gasteiger partial charge on any atom is 0.329 e. The van der Waals surface area contributed by atoms with Gasteiger partial charge in [-0.15, -0.1) is 0 Å². The van der Waals surface area contributed by atoms with Crippen molar-refractivity contribution in [1.29, 1.82) is 0 Å². The van der Waals surface area contributed by atoms with Crippen LogP contribution in [0.3, 0.4) is 0 Å². The molecule has 0 bridgehead atoms. The highest BCUT2D eigenvalue weighted by atomic mass is 16.4. The van der Waals surface area contributed by atoms with Crippen LogP contribution in [0.25, 0.3) is 6.08 Å². The van der Waals surface area contributed by atoms with Crippen LogP contribution in [0, 0.1) is 0 Å². The molecule has 1 heterocycles. The maximum absolute atomic E-state index is 12.2. The van der Waals surface area contributed by atoms with Crippen LogP contribution in [0.5, 0.6) is 0 Å². The SMILES string of the molecule is CC1(C(=O)O)CCCN1C(=O)CC/C=C/c1ccccc1. The third-order valence-electron chi connectivity index (χ3n) is 4.04. The van der Waals surface area contributed by atoms with Gasteiger partial charge in [0.15, 0.2) is 0 Å². The van der Waals surface area contributed by atoms with E-state index < -0.39 is 11.5 Å². The molecule has 1 amide bonds. The smallest absolute Gasteiger partial charge is 0.329 e. The molecule has 1 unspecified atom stereocenters. The molecule has 1 fully saturated rings. The van der Waals surface area contributed by atoms with Crippen molar-refractivity contribution >= 4 is 18.0 Å². The average molecular weight is 287 g/mol. The Balaban J connectivity index is 1.88. The van der Waals surface area contributed by atoms with Gasteiger partial charge in [-0.25, -0.2) is 4.79 Å². The van der Waals surface area contributed by atoms with Crippen molar-refractivity contribution in [3.63, 3.8) is 0 Å². The molecule has 0 radical (unpaired) electrons. The lowest BCUT2D eigenvalue weighted by atomic mass is 9.99. The van der Waals surface area contributed by atoms with E-state index in [0.29, 0.717) is 25.8 Å². The first-order valence-corrected chi connectivity index (χ1v) is 7.29. The number of amides is 1. The largest absolute Gasteiger partial charge is 0.480 e. The number of carbonyl (C=O) groups is 2. The summed E-state index contributed by atoms with van der Waals surface area (Å²) in [6, 6.07) is 9.89. The Morgan fingerprint density at radius 2 is 2.05 bits per heavy atom. The predicted molar refractivity (Wildman–Crippen MR) is 81.7 cm³/mol. The fraction of sp³-hybridized carbons (Fsp3) is 0.412. The zero-order valence-corrected chi connectivity index (χ0v) is 12.3. The van der Waals surface area contributed by atoms with E-state index in [-0.39, 0.29) is 5.91 Å². The molecule has 1 aliphatic rings. The lowest BCUT2D eigenvalue weighted by Gasteiger charge is -2.31. The minimum absolute atomic E-state index is 0.0740. The Morgan fingerprint density at radius 3 is 2.71 bits per heavy atom. The molecule has 0 spiro atoms. The third-order valence-corrected chi connectivity index (χ3v) is 4.04. The van der Waals surface area contributed by atoms with Crippen LogP contribution in [-0.2, 0) is 9.59 Å². The van der Waals surface area contributed by atoms with Crippen molar-refractivity contribution in [1.82, 2.24) is 4.90 Å². The van der Waals surface area contributed by atoms with Crippen LogP contribution in [0.2, 0.25) is 0 Å². The summed E-state index contributed by atoms with van der Waals surface area (Å²) in [5, 5.41) is 9.30. The molecule has 2 rings (SSSR count). The van der Waals surface area contributed by atoms with Crippen molar-refractivity contribution in [2.45, 2.75) is 38.1 Å². The first-order valence-electron chi connectivity index (χ1n) is 7.29. The number of nitrogens with zero attached hydrogens (tertiary/aromatic N) is 1. The van der Waals surface area contributed by atoms with Gasteiger partial charge in [0, 0.05) is 13.0 Å². The van der Waals surface area contributed by atoms with E-state index in [4.69, 9.17) is 0 Å². The molecule has 1 aliphatic heterocycles. The molecule has 1 aromatic carbocycles. The standard InChI is InChI=1S/C17H21NO3/c1-17(16(20)21)12-7-13-18(17)15(19)11-6-5-10-14-8-3-2-4-9-14/h2-5,8-10H,6-7,11-13H2,1H3,(H,20,21)/b10-5+. The van der Waals surface area contributed by atoms with E-state index in [2.05, 4.69) is 0 Å². The Kier molecular flexibility index (Phi) is 4.78. The van der Waals surface area contributed by atoms with Gasteiger partial charge < -0.3 is 10.0 Å². The number of carbonyl (C=O) groups excluding carboxylic acids is 1. The minimum Gasteiger partial charge on any atom is -0.480 e. The number of carboxylic acids is 1. The Bertz CT molecular complexity index is 538. The van der Waals surface area contributed by atoms with E-state index in [0.717, 1.165) is 12.0 Å². The van der Waals surface area contributed by atoms with Gasteiger partial charge in [-0.1, -0.05) is 42.5 Å². The molecule has 4 nitrogen and oxygen atoms in total. The quantitative estimate of drug-likeness (QED) is 0.905. The van der Waals surface area contributed by atoms with Gasteiger partial charge in [-0.05, 0) is 31.7 Å². The second-order valence-electron chi connectivity index (χ2n) is 5.58. The van der Waals surface area contributed by atoms with Gasteiger partial charge in [-0.2, -0.15) is 0 Å². The van der Waals surface area contributed by atoms with Gasteiger partial charge >= 0.3 is 5.97 Å². The first-order chi connectivity index (χ1) is 10.0. The van der Waals surface area contributed by atoms with Crippen LogP contribution in [0.4, 0.5) is 0 Å². The van der Waals surface area contributed by atoms with Crippen LogP contribution < -0.4 is 0 Å². The monoisotopic (exact) mass is 287 g/mol. The summed E-state index contributed by atoms with van der Waals surface area (Å²) in [4.78, 5) is 25.1. The van der Waals surface area contributed by atoms with Gasteiger partial charge in [0.1, 0.15) is 5.54 Å². The molecule has 1 saturated heterocycles. The molecule has 0 saturated carbocycles. The lowest BCUT2D eigenvalue weighted by Crippen LogP contribution is -2.50. The molecule has 21 heavy (non-hydrogen) atoms. The maximum atomic E-state index is 12.2. The predicted octanol–water partition coefficient (Wildman–Crippen LogP) is 2.95. The normalized spacial score (nSPS) is 21.9. The van der Waals surface area contributed by atoms with Gasteiger partial charge in [0.05, 0.1) is 0 Å². The molecular weight excluding hydrogens is 266 g/mol. The summed E-state index contributed by atoms with van der Waals surface area (Å²) in [6.45, 7) is 2.18. The van der Waals surface area contributed by atoms with Crippen molar-refractivity contribution in [3.05, 3.63) is 42.0 Å². The third kappa shape index (κ3) is 3.51. The highest BCUT2D eigenvalue weighted by Gasteiger charge is 2.45. The number of carboxylic acid groups (broad SMARTS) is 1. The zero-order chi connectivity index (χ0) is 15.3. The summed E-state index contributed by atoms with van der Waals surface area (Å²) in [7, 11) is 0. The van der Waals surface area contributed by atoms with E-state index in [1.165, 1.54) is 4.90 Å². The second kappa shape index (κ2) is 6.57. The number of hydrogen-bond donors (Lipinski definition) is 1. The summed E-state index contributed by atoms with van der Waals surface area (Å²) >= 11 is 0. The molecule has 112 valence electrons. The Labute approximate surface area is 125 Å². The second-order valence-corrected chi connectivity index (χ2v) is 5.58. The topological polar surface area (TPSA) is 57.6 Å². The molecule has 1 N–H and O–H groups in total. The number of benzene rings is 1. The Morgan fingerprint density at radius 1 is 1.33 bits per heavy atom. The Hall–Kier alpha value is -2.10. The van der Waals surface area contributed by atoms with Gasteiger partial charge in [0.2, 0.25) is 5.91 Å². The average Bonchev–Trinajstić information content (AvgIpc) is 2.88. The van der Waals surface area contributed by atoms with Crippen LogP contribution in [0.15, 0.2) is 36.4 Å².